The van der Waals surface area contributed by atoms with Gasteiger partial charge >= 0.3 is 0 Å². The number of aliphatic hydroxyl groups is 3. The summed E-state index contributed by atoms with van der Waals surface area (Å²) in [6.45, 7) is 1.39. The average Bonchev–Trinajstić information content (AvgIpc) is 1.87. The van der Waals surface area contributed by atoms with Crippen LogP contribution < -0.4 is 0 Å². The van der Waals surface area contributed by atoms with Crippen LogP contribution in [0.25, 0.3) is 0 Å². The minimum atomic E-state index is -1.18. The van der Waals surface area contributed by atoms with E-state index >= 15 is 0 Å². The smallest absolute Gasteiger partial charge is 0.148 e. The first kappa shape index (κ1) is 9.55. The lowest BCUT2D eigenvalue weighted by atomic mass is 10.1. The van der Waals surface area contributed by atoms with Crippen molar-refractivity contribution in [1.29, 1.82) is 0 Å². The third-order valence-corrected chi connectivity index (χ3v) is 1.20. The fourth-order valence-electron chi connectivity index (χ4n) is 0.500. The molecule has 60 valence electrons. The van der Waals surface area contributed by atoms with Gasteiger partial charge in [-0.25, -0.2) is 0 Å². The maximum Gasteiger partial charge on any atom is 0.148 e. The summed E-state index contributed by atoms with van der Waals surface area (Å²) >= 11 is 0. The molecule has 0 aromatic rings. The highest BCUT2D eigenvalue weighted by Crippen LogP contribution is 2.00. The highest BCUT2D eigenvalue weighted by atomic mass is 16.3. The maximum absolute atomic E-state index is 9.82. The zero-order valence-corrected chi connectivity index (χ0v) is 5.77. The largest absolute Gasteiger partial charge is 0.391 e. The van der Waals surface area contributed by atoms with Gasteiger partial charge in [-0.2, -0.15) is 0 Å². The monoisotopic (exact) mass is 148 g/mol. The molecule has 0 aliphatic heterocycles. The third kappa shape index (κ3) is 3.55. The van der Waals surface area contributed by atoms with E-state index in [2.05, 4.69) is 0 Å². The normalized spacial score (nSPS) is 19.6. The topological polar surface area (TPSA) is 77.8 Å². The fourth-order valence-corrected chi connectivity index (χ4v) is 0.500. The first-order valence-corrected chi connectivity index (χ1v) is 3.07. The van der Waals surface area contributed by atoms with Crippen LogP contribution in [0.2, 0.25) is 0 Å². The first-order chi connectivity index (χ1) is 4.57. The molecule has 0 saturated carbocycles. The van der Waals surface area contributed by atoms with Crippen molar-refractivity contribution in [1.82, 2.24) is 0 Å². The SMILES string of the molecule is C[C@@H](O)[C@H](O)C[C@@H](O)C=O. The molecule has 10 heavy (non-hydrogen) atoms. The Hall–Kier alpha value is -0.450. The van der Waals surface area contributed by atoms with Gasteiger partial charge in [0.25, 0.3) is 0 Å². The van der Waals surface area contributed by atoms with E-state index in [0.717, 1.165) is 0 Å². The van der Waals surface area contributed by atoms with E-state index in [4.69, 9.17) is 15.3 Å². The van der Waals surface area contributed by atoms with E-state index in [9.17, 15) is 4.79 Å². The van der Waals surface area contributed by atoms with Gasteiger partial charge in [-0.3, -0.25) is 0 Å². The molecule has 0 spiro atoms. The van der Waals surface area contributed by atoms with E-state index in [0.29, 0.717) is 6.29 Å². The summed E-state index contributed by atoms with van der Waals surface area (Å²) in [5.74, 6) is 0. The number of aldehydes is 1. The van der Waals surface area contributed by atoms with Crippen molar-refractivity contribution in [2.75, 3.05) is 0 Å². The minimum absolute atomic E-state index is 0.110. The lowest BCUT2D eigenvalue weighted by Crippen LogP contribution is -2.28. The molecular weight excluding hydrogens is 136 g/mol. The summed E-state index contributed by atoms with van der Waals surface area (Å²) in [7, 11) is 0. The van der Waals surface area contributed by atoms with Crippen LogP contribution in [0.15, 0.2) is 0 Å². The summed E-state index contributed by atoms with van der Waals surface area (Å²) in [4.78, 5) is 9.82. The van der Waals surface area contributed by atoms with Crippen molar-refractivity contribution >= 4 is 6.29 Å². The van der Waals surface area contributed by atoms with Crippen molar-refractivity contribution in [3.05, 3.63) is 0 Å². The predicted molar refractivity (Wildman–Crippen MR) is 34.4 cm³/mol. The van der Waals surface area contributed by atoms with Gasteiger partial charge in [-0.15, -0.1) is 0 Å². The summed E-state index contributed by atoms with van der Waals surface area (Å²) in [6, 6.07) is 0. The van der Waals surface area contributed by atoms with Crippen LogP contribution in [-0.4, -0.2) is 39.9 Å². The van der Waals surface area contributed by atoms with Gasteiger partial charge in [0, 0.05) is 6.42 Å². The summed E-state index contributed by atoms with van der Waals surface area (Å²) in [5.41, 5.74) is 0. The molecule has 0 fully saturated rings. The van der Waals surface area contributed by atoms with Gasteiger partial charge in [0.1, 0.15) is 12.4 Å². The molecule has 3 N–H and O–H groups in total. The molecule has 0 aliphatic carbocycles. The molecule has 0 radical (unpaired) electrons. The van der Waals surface area contributed by atoms with Gasteiger partial charge in [-0.05, 0) is 6.92 Å². The second-order valence-corrected chi connectivity index (χ2v) is 2.25. The van der Waals surface area contributed by atoms with Crippen molar-refractivity contribution < 1.29 is 20.1 Å². The number of aliphatic hydroxyl groups excluding tert-OH is 3. The summed E-state index contributed by atoms with van der Waals surface area (Å²) in [5, 5.41) is 26.2. The van der Waals surface area contributed by atoms with E-state index in [-0.39, 0.29) is 6.42 Å². The van der Waals surface area contributed by atoms with Crippen LogP contribution in [0, 0.1) is 0 Å². The number of carbonyl (C=O) groups is 1. The highest BCUT2D eigenvalue weighted by Gasteiger charge is 2.14. The van der Waals surface area contributed by atoms with Crippen molar-refractivity contribution in [3.8, 4) is 0 Å². The van der Waals surface area contributed by atoms with Crippen LogP contribution in [0.3, 0.4) is 0 Å². The zero-order valence-electron chi connectivity index (χ0n) is 5.77. The van der Waals surface area contributed by atoms with Gasteiger partial charge in [0.15, 0.2) is 0 Å². The van der Waals surface area contributed by atoms with Crippen molar-refractivity contribution in [3.63, 3.8) is 0 Å². The van der Waals surface area contributed by atoms with Crippen LogP contribution in [-0.2, 0) is 4.79 Å². The Morgan fingerprint density at radius 2 is 1.90 bits per heavy atom. The third-order valence-electron chi connectivity index (χ3n) is 1.20. The van der Waals surface area contributed by atoms with Crippen LogP contribution in [0.5, 0.6) is 0 Å². The van der Waals surface area contributed by atoms with Crippen LogP contribution in [0.4, 0.5) is 0 Å². The summed E-state index contributed by atoms with van der Waals surface area (Å²) in [6.07, 6.45) is -2.90. The molecule has 0 aliphatic rings. The second-order valence-electron chi connectivity index (χ2n) is 2.25. The number of hydrogen-bond acceptors (Lipinski definition) is 4. The Morgan fingerprint density at radius 3 is 2.20 bits per heavy atom. The quantitative estimate of drug-likeness (QED) is 0.432. The van der Waals surface area contributed by atoms with Crippen LogP contribution >= 0.6 is 0 Å². The Morgan fingerprint density at radius 1 is 1.40 bits per heavy atom. The molecule has 0 aromatic carbocycles. The fraction of sp³-hybridized carbons (Fsp3) is 0.833. The Labute approximate surface area is 59.1 Å². The molecule has 0 aromatic heterocycles. The van der Waals surface area contributed by atoms with Gasteiger partial charge in [-0.1, -0.05) is 0 Å². The lowest BCUT2D eigenvalue weighted by Gasteiger charge is -2.13. The predicted octanol–water partition coefficient (Wildman–Crippen LogP) is -1.32. The molecule has 0 bridgehead atoms. The molecule has 0 heterocycles. The molecule has 4 heteroatoms. The molecule has 0 unspecified atom stereocenters. The number of carbonyl (C=O) groups excluding carboxylic acids is 1. The van der Waals surface area contributed by atoms with Gasteiger partial charge in [0.05, 0.1) is 12.2 Å². The summed E-state index contributed by atoms with van der Waals surface area (Å²) < 4.78 is 0. The molecule has 0 rings (SSSR count). The number of rotatable bonds is 4. The second kappa shape index (κ2) is 4.38. The molecule has 4 nitrogen and oxygen atoms in total. The number of hydrogen-bond donors (Lipinski definition) is 3. The van der Waals surface area contributed by atoms with Gasteiger partial charge < -0.3 is 20.1 Å². The van der Waals surface area contributed by atoms with E-state index in [1.54, 1.807) is 0 Å². The zero-order chi connectivity index (χ0) is 8.15. The van der Waals surface area contributed by atoms with Gasteiger partial charge in [0.2, 0.25) is 0 Å². The Kier molecular flexibility index (Phi) is 4.18. The Balaban J connectivity index is 3.56. The van der Waals surface area contributed by atoms with E-state index < -0.39 is 18.3 Å². The van der Waals surface area contributed by atoms with Crippen molar-refractivity contribution in [2.24, 2.45) is 0 Å². The molecule has 3 atom stereocenters. The minimum Gasteiger partial charge on any atom is -0.391 e. The molecular formula is C6H12O4. The van der Waals surface area contributed by atoms with E-state index in [1.165, 1.54) is 6.92 Å². The maximum atomic E-state index is 9.82. The molecule has 0 saturated heterocycles. The standard InChI is InChI=1S/C6H12O4/c1-4(8)6(10)2-5(9)3-7/h3-6,8-10H,2H2,1H3/t4-,5-,6-/m1/s1. The van der Waals surface area contributed by atoms with Crippen molar-refractivity contribution in [2.45, 2.75) is 31.7 Å². The average molecular weight is 148 g/mol. The Bertz CT molecular complexity index is 102. The first-order valence-electron chi connectivity index (χ1n) is 3.07. The molecule has 0 amide bonds. The lowest BCUT2D eigenvalue weighted by molar-refractivity contribution is -0.117. The van der Waals surface area contributed by atoms with E-state index in [1.807, 2.05) is 0 Å². The highest BCUT2D eigenvalue weighted by molar-refractivity contribution is 5.55. The van der Waals surface area contributed by atoms with Crippen LogP contribution in [0.1, 0.15) is 13.3 Å².